The number of ether oxygens (including phenoxy) is 2. The van der Waals surface area contributed by atoms with Crippen LogP contribution >= 0.6 is 11.3 Å². The Bertz CT molecular complexity index is 475. The molecule has 0 spiro atoms. The zero-order valence-corrected chi connectivity index (χ0v) is 12.1. The fourth-order valence-corrected chi connectivity index (χ4v) is 2.58. The van der Waals surface area contributed by atoms with Gasteiger partial charge in [0.15, 0.2) is 0 Å². The van der Waals surface area contributed by atoms with Gasteiger partial charge >= 0.3 is 0 Å². The number of hydrogen-bond acceptors (Lipinski definition) is 4. The van der Waals surface area contributed by atoms with Gasteiger partial charge in [0.1, 0.15) is 11.5 Å². The predicted octanol–water partition coefficient (Wildman–Crippen LogP) is 3.10. The summed E-state index contributed by atoms with van der Waals surface area (Å²) in [6, 6.07) is 10.2. The van der Waals surface area contributed by atoms with Gasteiger partial charge in [-0.2, -0.15) is 0 Å². The highest BCUT2D eigenvalue weighted by atomic mass is 32.1. The van der Waals surface area contributed by atoms with Gasteiger partial charge in [0.05, 0.1) is 14.2 Å². The minimum Gasteiger partial charge on any atom is -0.497 e. The molecule has 0 aliphatic rings. The molecular formula is C15H19NO2S. The van der Waals surface area contributed by atoms with E-state index < -0.39 is 0 Å². The van der Waals surface area contributed by atoms with Gasteiger partial charge in [-0.15, -0.1) is 11.3 Å². The first-order valence-electron chi connectivity index (χ1n) is 6.27. The Labute approximate surface area is 118 Å². The number of hydrogen-bond donors (Lipinski definition) is 1. The molecule has 0 saturated carbocycles. The summed E-state index contributed by atoms with van der Waals surface area (Å²) in [7, 11) is 3.34. The van der Waals surface area contributed by atoms with E-state index in [2.05, 4.69) is 22.8 Å². The largest absolute Gasteiger partial charge is 0.497 e. The quantitative estimate of drug-likeness (QED) is 0.789. The second kappa shape index (κ2) is 7.16. The Kier molecular flexibility index (Phi) is 5.24. The lowest BCUT2D eigenvalue weighted by Gasteiger charge is -2.09. The molecule has 3 nitrogen and oxygen atoms in total. The molecule has 0 radical (unpaired) electrons. The average Bonchev–Trinajstić information content (AvgIpc) is 2.96. The van der Waals surface area contributed by atoms with Crippen LogP contribution in [0.2, 0.25) is 0 Å². The van der Waals surface area contributed by atoms with Gasteiger partial charge in [-0.3, -0.25) is 0 Å². The van der Waals surface area contributed by atoms with Crippen LogP contribution in [0.4, 0.5) is 0 Å². The standard InChI is InChI=1S/C15H19NO2S/c1-17-13-8-12(9-14(10-13)18-2)11-16-6-5-15-4-3-7-19-15/h3-4,7-10,16H,5-6,11H2,1-2H3. The summed E-state index contributed by atoms with van der Waals surface area (Å²) in [5.74, 6) is 1.66. The van der Waals surface area contributed by atoms with Crippen molar-refractivity contribution in [2.75, 3.05) is 20.8 Å². The summed E-state index contributed by atoms with van der Waals surface area (Å²) >= 11 is 1.80. The Morgan fingerprint density at radius 1 is 1.11 bits per heavy atom. The minimum atomic E-state index is 0.818. The Morgan fingerprint density at radius 3 is 2.42 bits per heavy atom. The highest BCUT2D eigenvalue weighted by molar-refractivity contribution is 7.09. The summed E-state index contributed by atoms with van der Waals surface area (Å²) < 4.78 is 10.5. The van der Waals surface area contributed by atoms with E-state index in [1.54, 1.807) is 25.6 Å². The molecule has 0 amide bonds. The van der Waals surface area contributed by atoms with E-state index in [4.69, 9.17) is 9.47 Å². The molecule has 4 heteroatoms. The molecule has 1 heterocycles. The number of thiophene rings is 1. The van der Waals surface area contributed by atoms with Gasteiger partial charge in [-0.25, -0.2) is 0 Å². The smallest absolute Gasteiger partial charge is 0.122 e. The predicted molar refractivity (Wildman–Crippen MR) is 79.3 cm³/mol. The monoisotopic (exact) mass is 277 g/mol. The van der Waals surface area contributed by atoms with Gasteiger partial charge < -0.3 is 14.8 Å². The SMILES string of the molecule is COc1cc(CNCCc2cccs2)cc(OC)c1. The second-order valence-corrected chi connectivity index (χ2v) is 5.26. The van der Waals surface area contributed by atoms with E-state index in [0.29, 0.717) is 0 Å². The van der Waals surface area contributed by atoms with Crippen LogP contribution in [0, 0.1) is 0 Å². The zero-order valence-electron chi connectivity index (χ0n) is 11.3. The number of methoxy groups -OCH3 is 2. The summed E-state index contributed by atoms with van der Waals surface area (Å²) in [6.45, 7) is 1.79. The first-order valence-corrected chi connectivity index (χ1v) is 7.15. The van der Waals surface area contributed by atoms with Crippen molar-refractivity contribution in [2.24, 2.45) is 0 Å². The third-order valence-electron chi connectivity index (χ3n) is 2.87. The lowest BCUT2D eigenvalue weighted by Crippen LogP contribution is -2.16. The van der Waals surface area contributed by atoms with Crippen LogP contribution in [0.1, 0.15) is 10.4 Å². The number of benzene rings is 1. The van der Waals surface area contributed by atoms with Crippen LogP contribution in [0.3, 0.4) is 0 Å². The molecular weight excluding hydrogens is 258 g/mol. The number of rotatable bonds is 7. The molecule has 1 N–H and O–H groups in total. The third kappa shape index (κ3) is 4.26. The first kappa shape index (κ1) is 13.9. The first-order chi connectivity index (χ1) is 9.31. The van der Waals surface area contributed by atoms with Crippen molar-refractivity contribution in [1.82, 2.24) is 5.32 Å². The Morgan fingerprint density at radius 2 is 1.84 bits per heavy atom. The van der Waals surface area contributed by atoms with Crippen LogP contribution in [0.15, 0.2) is 35.7 Å². The normalized spacial score (nSPS) is 10.4. The van der Waals surface area contributed by atoms with Crippen molar-refractivity contribution >= 4 is 11.3 Å². The summed E-state index contributed by atoms with van der Waals surface area (Å²) in [4.78, 5) is 1.41. The van der Waals surface area contributed by atoms with E-state index in [-0.39, 0.29) is 0 Å². The van der Waals surface area contributed by atoms with Crippen molar-refractivity contribution in [2.45, 2.75) is 13.0 Å². The maximum Gasteiger partial charge on any atom is 0.122 e. The van der Waals surface area contributed by atoms with Gasteiger partial charge in [-0.05, 0) is 35.6 Å². The molecule has 0 unspecified atom stereocenters. The van der Waals surface area contributed by atoms with Crippen molar-refractivity contribution in [3.8, 4) is 11.5 Å². The molecule has 2 aromatic rings. The van der Waals surface area contributed by atoms with Gasteiger partial charge in [-0.1, -0.05) is 6.07 Å². The molecule has 0 saturated heterocycles. The maximum absolute atomic E-state index is 5.26. The minimum absolute atomic E-state index is 0.818. The van der Waals surface area contributed by atoms with Crippen LogP contribution < -0.4 is 14.8 Å². The molecule has 19 heavy (non-hydrogen) atoms. The summed E-state index contributed by atoms with van der Waals surface area (Å²) in [5.41, 5.74) is 1.17. The molecule has 1 aromatic carbocycles. The lowest BCUT2D eigenvalue weighted by molar-refractivity contribution is 0.393. The molecule has 0 aliphatic carbocycles. The van der Waals surface area contributed by atoms with E-state index >= 15 is 0 Å². The molecule has 2 rings (SSSR count). The molecule has 0 fully saturated rings. The average molecular weight is 277 g/mol. The van der Waals surface area contributed by atoms with E-state index in [0.717, 1.165) is 31.0 Å². The topological polar surface area (TPSA) is 30.5 Å². The van der Waals surface area contributed by atoms with Gasteiger partial charge in [0.2, 0.25) is 0 Å². The van der Waals surface area contributed by atoms with Gasteiger partial charge in [0.25, 0.3) is 0 Å². The van der Waals surface area contributed by atoms with Crippen molar-refractivity contribution < 1.29 is 9.47 Å². The van der Waals surface area contributed by atoms with Crippen molar-refractivity contribution in [3.63, 3.8) is 0 Å². The van der Waals surface area contributed by atoms with Crippen LogP contribution in [-0.2, 0) is 13.0 Å². The van der Waals surface area contributed by atoms with Crippen molar-refractivity contribution in [1.29, 1.82) is 0 Å². The maximum atomic E-state index is 5.26. The lowest BCUT2D eigenvalue weighted by atomic mass is 10.2. The molecule has 0 aliphatic heterocycles. The summed E-state index contributed by atoms with van der Waals surface area (Å²) in [5, 5.41) is 5.55. The van der Waals surface area contributed by atoms with Crippen LogP contribution in [0.5, 0.6) is 11.5 Å². The highest BCUT2D eigenvalue weighted by Gasteiger charge is 2.01. The van der Waals surface area contributed by atoms with E-state index in [1.807, 2.05) is 18.2 Å². The van der Waals surface area contributed by atoms with Crippen LogP contribution in [-0.4, -0.2) is 20.8 Å². The fraction of sp³-hybridized carbons (Fsp3) is 0.333. The van der Waals surface area contributed by atoms with Crippen LogP contribution in [0.25, 0.3) is 0 Å². The molecule has 1 aromatic heterocycles. The molecule has 0 bridgehead atoms. The summed E-state index contributed by atoms with van der Waals surface area (Å²) in [6.07, 6.45) is 1.07. The van der Waals surface area contributed by atoms with Gasteiger partial charge in [0, 0.05) is 24.0 Å². The Balaban J connectivity index is 1.84. The zero-order chi connectivity index (χ0) is 13.5. The number of nitrogens with one attached hydrogen (secondary N) is 1. The molecule has 0 atom stereocenters. The third-order valence-corrected chi connectivity index (χ3v) is 3.80. The molecule has 102 valence electrons. The van der Waals surface area contributed by atoms with E-state index in [9.17, 15) is 0 Å². The fourth-order valence-electron chi connectivity index (χ4n) is 1.87. The van der Waals surface area contributed by atoms with Crippen molar-refractivity contribution in [3.05, 3.63) is 46.2 Å². The Hall–Kier alpha value is -1.52. The highest BCUT2D eigenvalue weighted by Crippen LogP contribution is 2.22. The van der Waals surface area contributed by atoms with E-state index in [1.165, 1.54) is 10.4 Å². The second-order valence-electron chi connectivity index (χ2n) is 4.23.